The van der Waals surface area contributed by atoms with Crippen LogP contribution in [0, 0.1) is 0 Å². The first-order valence-corrected chi connectivity index (χ1v) is 8.22. The smallest absolute Gasteiger partial charge is 0.257 e. The van der Waals surface area contributed by atoms with Crippen molar-refractivity contribution in [1.29, 1.82) is 0 Å². The Bertz CT molecular complexity index is 840. The highest BCUT2D eigenvalue weighted by Crippen LogP contribution is 2.22. The predicted molar refractivity (Wildman–Crippen MR) is 94.2 cm³/mol. The molecule has 0 unspecified atom stereocenters. The molecule has 1 fully saturated rings. The maximum Gasteiger partial charge on any atom is 0.257 e. The number of hydrogen-bond acceptors (Lipinski definition) is 5. The standard InChI is InChI=1S/C18H18N6O/c25-18(15-12-21-22-17(15)14-4-2-1-3-5-14)24-10-8-23(9-11-24)16-13-19-6-7-20-16/h1-7,12-13H,8-11H2,(H,21,22). The van der Waals surface area contributed by atoms with Crippen LogP contribution in [0.4, 0.5) is 5.82 Å². The molecule has 25 heavy (non-hydrogen) atoms. The van der Waals surface area contributed by atoms with Gasteiger partial charge in [-0.05, 0) is 0 Å². The molecule has 4 rings (SSSR count). The van der Waals surface area contributed by atoms with Crippen LogP contribution in [0.15, 0.2) is 55.1 Å². The zero-order valence-corrected chi connectivity index (χ0v) is 13.7. The van der Waals surface area contributed by atoms with Crippen LogP contribution in [0.25, 0.3) is 11.3 Å². The molecule has 7 heteroatoms. The molecule has 7 nitrogen and oxygen atoms in total. The number of carbonyl (C=O) groups is 1. The summed E-state index contributed by atoms with van der Waals surface area (Å²) in [6.07, 6.45) is 6.71. The van der Waals surface area contributed by atoms with Crippen molar-refractivity contribution in [2.75, 3.05) is 31.1 Å². The van der Waals surface area contributed by atoms with Crippen molar-refractivity contribution in [3.8, 4) is 11.3 Å². The summed E-state index contributed by atoms with van der Waals surface area (Å²) < 4.78 is 0. The fraction of sp³-hybridized carbons (Fsp3) is 0.222. The first-order valence-electron chi connectivity index (χ1n) is 8.22. The van der Waals surface area contributed by atoms with Gasteiger partial charge in [0.1, 0.15) is 5.82 Å². The number of nitrogens with zero attached hydrogens (tertiary/aromatic N) is 5. The Morgan fingerprint density at radius 1 is 1.00 bits per heavy atom. The molecule has 1 N–H and O–H groups in total. The van der Waals surface area contributed by atoms with Crippen molar-refractivity contribution in [2.24, 2.45) is 0 Å². The molecule has 0 saturated carbocycles. The van der Waals surface area contributed by atoms with E-state index in [9.17, 15) is 4.79 Å². The molecular formula is C18H18N6O. The molecule has 1 saturated heterocycles. The average Bonchev–Trinajstić information content (AvgIpc) is 3.19. The lowest BCUT2D eigenvalue weighted by Gasteiger charge is -2.35. The predicted octanol–water partition coefficient (Wildman–Crippen LogP) is 1.83. The van der Waals surface area contributed by atoms with Gasteiger partial charge in [-0.2, -0.15) is 5.10 Å². The molecule has 3 aromatic rings. The third-order valence-electron chi connectivity index (χ3n) is 4.37. The summed E-state index contributed by atoms with van der Waals surface area (Å²) in [5.74, 6) is 0.856. The molecule has 1 amide bonds. The fourth-order valence-electron chi connectivity index (χ4n) is 3.04. The van der Waals surface area contributed by atoms with Gasteiger partial charge >= 0.3 is 0 Å². The zero-order chi connectivity index (χ0) is 17.1. The van der Waals surface area contributed by atoms with Crippen LogP contribution in [-0.4, -0.2) is 57.2 Å². The molecule has 1 aliphatic heterocycles. The van der Waals surface area contributed by atoms with Gasteiger partial charge in [-0.3, -0.25) is 14.9 Å². The fourth-order valence-corrected chi connectivity index (χ4v) is 3.04. The van der Waals surface area contributed by atoms with E-state index in [0.717, 1.165) is 30.2 Å². The van der Waals surface area contributed by atoms with E-state index in [1.807, 2.05) is 35.2 Å². The molecule has 0 bridgehead atoms. The highest BCUT2D eigenvalue weighted by molar-refractivity contribution is 5.99. The first kappa shape index (κ1) is 15.3. The quantitative estimate of drug-likeness (QED) is 0.791. The normalized spacial score (nSPS) is 14.6. The van der Waals surface area contributed by atoms with Crippen molar-refractivity contribution in [2.45, 2.75) is 0 Å². The second-order valence-corrected chi connectivity index (χ2v) is 5.87. The zero-order valence-electron chi connectivity index (χ0n) is 13.7. The minimum absolute atomic E-state index is 0.00592. The van der Waals surface area contributed by atoms with Gasteiger partial charge in [0, 0.05) is 44.1 Å². The van der Waals surface area contributed by atoms with Crippen LogP contribution in [-0.2, 0) is 0 Å². The summed E-state index contributed by atoms with van der Waals surface area (Å²) in [5, 5.41) is 7.03. The molecule has 3 heterocycles. The Balaban J connectivity index is 1.48. The number of amides is 1. The Kier molecular flexibility index (Phi) is 4.12. The van der Waals surface area contributed by atoms with E-state index in [2.05, 4.69) is 25.1 Å². The molecule has 1 aromatic carbocycles. The van der Waals surface area contributed by atoms with Gasteiger partial charge in [-0.1, -0.05) is 30.3 Å². The van der Waals surface area contributed by atoms with Gasteiger partial charge < -0.3 is 9.80 Å². The van der Waals surface area contributed by atoms with Crippen molar-refractivity contribution in [1.82, 2.24) is 25.1 Å². The van der Waals surface area contributed by atoms with E-state index in [1.54, 1.807) is 24.8 Å². The minimum Gasteiger partial charge on any atom is -0.352 e. The third kappa shape index (κ3) is 3.08. The van der Waals surface area contributed by atoms with Crippen LogP contribution in [0.2, 0.25) is 0 Å². The number of aromatic amines is 1. The lowest BCUT2D eigenvalue weighted by atomic mass is 10.1. The van der Waals surface area contributed by atoms with Crippen molar-refractivity contribution < 1.29 is 4.79 Å². The largest absolute Gasteiger partial charge is 0.352 e. The summed E-state index contributed by atoms with van der Waals surface area (Å²) in [4.78, 5) is 25.3. The van der Waals surface area contributed by atoms with Gasteiger partial charge in [0.15, 0.2) is 0 Å². The van der Waals surface area contributed by atoms with Gasteiger partial charge in [0.25, 0.3) is 5.91 Å². The third-order valence-corrected chi connectivity index (χ3v) is 4.37. The number of rotatable bonds is 3. The summed E-state index contributed by atoms with van der Waals surface area (Å²) in [7, 11) is 0. The number of carbonyl (C=O) groups excluding carboxylic acids is 1. The summed E-state index contributed by atoms with van der Waals surface area (Å²) in [6.45, 7) is 2.77. The molecule has 2 aromatic heterocycles. The van der Waals surface area contributed by atoms with Gasteiger partial charge in [-0.15, -0.1) is 0 Å². The van der Waals surface area contributed by atoms with Crippen LogP contribution in [0.1, 0.15) is 10.4 Å². The maximum atomic E-state index is 12.9. The topological polar surface area (TPSA) is 78.0 Å². The molecule has 0 aliphatic carbocycles. The number of piperazine rings is 1. The van der Waals surface area contributed by atoms with E-state index < -0.39 is 0 Å². The monoisotopic (exact) mass is 334 g/mol. The van der Waals surface area contributed by atoms with Crippen LogP contribution in [0.3, 0.4) is 0 Å². The molecular weight excluding hydrogens is 316 g/mol. The highest BCUT2D eigenvalue weighted by atomic mass is 16.2. The van der Waals surface area contributed by atoms with Crippen molar-refractivity contribution >= 4 is 11.7 Å². The van der Waals surface area contributed by atoms with Crippen molar-refractivity contribution in [3.63, 3.8) is 0 Å². The summed E-state index contributed by atoms with van der Waals surface area (Å²) in [5.41, 5.74) is 2.34. The second-order valence-electron chi connectivity index (χ2n) is 5.87. The maximum absolute atomic E-state index is 12.9. The van der Waals surface area contributed by atoms with E-state index in [-0.39, 0.29) is 5.91 Å². The number of hydrogen-bond donors (Lipinski definition) is 1. The van der Waals surface area contributed by atoms with Gasteiger partial charge in [-0.25, -0.2) is 4.98 Å². The van der Waals surface area contributed by atoms with E-state index >= 15 is 0 Å². The lowest BCUT2D eigenvalue weighted by molar-refractivity contribution is 0.0747. The Morgan fingerprint density at radius 3 is 2.52 bits per heavy atom. The summed E-state index contributed by atoms with van der Waals surface area (Å²) >= 11 is 0. The average molecular weight is 334 g/mol. The molecule has 126 valence electrons. The number of anilines is 1. The molecule has 0 atom stereocenters. The number of nitrogens with one attached hydrogen (secondary N) is 1. The van der Waals surface area contributed by atoms with Crippen molar-refractivity contribution in [3.05, 3.63) is 60.7 Å². The van der Waals surface area contributed by atoms with E-state index in [1.165, 1.54) is 0 Å². The SMILES string of the molecule is O=C(c1cn[nH]c1-c1ccccc1)N1CCN(c2cnccn2)CC1. The number of benzene rings is 1. The Labute approximate surface area is 145 Å². The molecule has 0 spiro atoms. The first-order chi connectivity index (χ1) is 12.3. The Morgan fingerprint density at radius 2 is 1.80 bits per heavy atom. The number of H-pyrrole nitrogens is 1. The Hall–Kier alpha value is -3.22. The molecule has 0 radical (unpaired) electrons. The van der Waals surface area contributed by atoms with Crippen LogP contribution < -0.4 is 4.90 Å². The van der Waals surface area contributed by atoms with Crippen LogP contribution >= 0.6 is 0 Å². The van der Waals surface area contributed by atoms with Gasteiger partial charge in [0.2, 0.25) is 0 Å². The van der Waals surface area contributed by atoms with E-state index in [4.69, 9.17) is 0 Å². The lowest BCUT2D eigenvalue weighted by Crippen LogP contribution is -2.49. The van der Waals surface area contributed by atoms with E-state index in [0.29, 0.717) is 18.7 Å². The summed E-state index contributed by atoms with van der Waals surface area (Å²) in [6, 6.07) is 9.79. The van der Waals surface area contributed by atoms with Crippen LogP contribution in [0.5, 0.6) is 0 Å². The minimum atomic E-state index is 0.00592. The molecule has 1 aliphatic rings. The number of aromatic nitrogens is 4. The second kappa shape index (κ2) is 6.72. The van der Waals surface area contributed by atoms with Gasteiger partial charge in [0.05, 0.1) is 23.7 Å². The highest BCUT2D eigenvalue weighted by Gasteiger charge is 2.25.